The topological polar surface area (TPSA) is 78.7 Å². The Hall–Kier alpha value is -3.11. The van der Waals surface area contributed by atoms with Crippen molar-refractivity contribution in [2.75, 3.05) is 31.6 Å². The first-order valence-corrected chi connectivity index (χ1v) is 13.5. The highest BCUT2D eigenvalue weighted by Crippen LogP contribution is 2.46. The molecule has 0 N–H and O–H groups in total. The van der Waals surface area contributed by atoms with Gasteiger partial charge in [-0.1, -0.05) is 26.0 Å². The molecule has 1 aromatic carbocycles. The maximum Gasteiger partial charge on any atom is 0.227 e. The summed E-state index contributed by atoms with van der Waals surface area (Å²) < 4.78 is 11.5. The summed E-state index contributed by atoms with van der Waals surface area (Å²) in [5.41, 5.74) is 4.71. The van der Waals surface area contributed by atoms with E-state index in [1.165, 1.54) is 0 Å². The van der Waals surface area contributed by atoms with Crippen molar-refractivity contribution in [2.45, 2.75) is 77.5 Å². The number of nitriles is 1. The fourth-order valence-corrected chi connectivity index (χ4v) is 5.76. The molecule has 0 spiro atoms. The number of carbonyl (C=O) groups is 1. The number of fused-ring (bicyclic) bond motifs is 1. The Kier molecular flexibility index (Phi) is 6.89. The number of anilines is 1. The van der Waals surface area contributed by atoms with E-state index >= 15 is 0 Å². The van der Waals surface area contributed by atoms with Crippen molar-refractivity contribution in [1.29, 1.82) is 5.26 Å². The number of amides is 1. The first kappa shape index (κ1) is 25.5. The summed E-state index contributed by atoms with van der Waals surface area (Å²) in [4.78, 5) is 22.9. The number of carbonyl (C=O) groups excluding carboxylic acids is 1. The maximum atomic E-state index is 13.4. The van der Waals surface area contributed by atoms with E-state index < -0.39 is 0 Å². The highest BCUT2D eigenvalue weighted by Gasteiger charge is 2.39. The smallest absolute Gasteiger partial charge is 0.227 e. The minimum atomic E-state index is -0.302. The van der Waals surface area contributed by atoms with Gasteiger partial charge in [0, 0.05) is 37.5 Å². The van der Waals surface area contributed by atoms with Crippen molar-refractivity contribution in [2.24, 2.45) is 5.92 Å². The molecule has 1 saturated heterocycles. The lowest BCUT2D eigenvalue weighted by molar-refractivity contribution is -0.134. The molecular formula is C30H38N4O3. The van der Waals surface area contributed by atoms with Crippen LogP contribution in [0.15, 0.2) is 24.3 Å². The number of ether oxygens (including phenoxy) is 2. The quantitative estimate of drug-likeness (QED) is 0.574. The van der Waals surface area contributed by atoms with Gasteiger partial charge in [-0.05, 0) is 55.9 Å². The van der Waals surface area contributed by atoms with Crippen LogP contribution in [-0.4, -0.2) is 54.2 Å². The van der Waals surface area contributed by atoms with Crippen LogP contribution in [-0.2, 0) is 29.0 Å². The lowest BCUT2D eigenvalue weighted by atomic mass is 9.87. The minimum Gasteiger partial charge on any atom is -0.497 e. The van der Waals surface area contributed by atoms with Gasteiger partial charge in [0.2, 0.25) is 5.91 Å². The molecule has 0 unspecified atom stereocenters. The Bertz CT molecular complexity index is 1230. The van der Waals surface area contributed by atoms with E-state index in [1.807, 2.05) is 29.2 Å². The molecule has 3 heterocycles. The Morgan fingerprint density at radius 2 is 2.05 bits per heavy atom. The fraction of sp³-hybridized carbons (Fsp3) is 0.567. The zero-order chi connectivity index (χ0) is 26.3. The Morgan fingerprint density at radius 3 is 2.73 bits per heavy atom. The molecule has 1 aromatic heterocycles. The van der Waals surface area contributed by atoms with Crippen LogP contribution in [0.2, 0.25) is 0 Å². The normalized spacial score (nSPS) is 20.9. The monoisotopic (exact) mass is 502 g/mol. The third-order valence-corrected chi connectivity index (χ3v) is 8.01. The van der Waals surface area contributed by atoms with E-state index in [1.54, 1.807) is 7.11 Å². The van der Waals surface area contributed by atoms with Crippen molar-refractivity contribution in [1.82, 2.24) is 9.88 Å². The van der Waals surface area contributed by atoms with Crippen LogP contribution in [0.4, 0.5) is 5.82 Å². The first-order chi connectivity index (χ1) is 17.7. The summed E-state index contributed by atoms with van der Waals surface area (Å²) in [5.74, 6) is 2.43. The molecule has 2 aliphatic heterocycles. The van der Waals surface area contributed by atoms with Crippen molar-refractivity contribution in [3.05, 3.63) is 52.2 Å². The van der Waals surface area contributed by atoms with E-state index in [2.05, 4.69) is 38.7 Å². The molecule has 2 aromatic rings. The molecule has 1 amide bonds. The van der Waals surface area contributed by atoms with Gasteiger partial charge in [-0.2, -0.15) is 5.26 Å². The summed E-state index contributed by atoms with van der Waals surface area (Å²) >= 11 is 0. The van der Waals surface area contributed by atoms with Crippen LogP contribution in [0.25, 0.3) is 0 Å². The average molecular weight is 503 g/mol. The number of rotatable bonds is 6. The summed E-state index contributed by atoms with van der Waals surface area (Å²) in [6.07, 6.45) is 3.36. The number of methoxy groups -OCH3 is 1. The Morgan fingerprint density at radius 1 is 1.27 bits per heavy atom. The van der Waals surface area contributed by atoms with Crippen molar-refractivity contribution in [3.8, 4) is 11.8 Å². The zero-order valence-corrected chi connectivity index (χ0v) is 22.7. The van der Waals surface area contributed by atoms with E-state index in [0.29, 0.717) is 50.6 Å². The van der Waals surface area contributed by atoms with Crippen molar-refractivity contribution >= 4 is 11.7 Å². The molecular weight excluding hydrogens is 464 g/mol. The summed E-state index contributed by atoms with van der Waals surface area (Å²) in [7, 11) is 1.64. The van der Waals surface area contributed by atoms with Gasteiger partial charge in [-0.25, -0.2) is 4.98 Å². The van der Waals surface area contributed by atoms with Crippen LogP contribution in [0.3, 0.4) is 0 Å². The zero-order valence-electron chi connectivity index (χ0n) is 22.7. The molecule has 0 radical (unpaired) electrons. The molecule has 3 aliphatic rings. The lowest BCUT2D eigenvalue weighted by Gasteiger charge is -2.44. The van der Waals surface area contributed by atoms with Crippen LogP contribution in [0.1, 0.15) is 74.4 Å². The minimum absolute atomic E-state index is 0.0420. The van der Waals surface area contributed by atoms with Crippen LogP contribution in [0, 0.1) is 17.2 Å². The second kappa shape index (κ2) is 9.98. The number of hydrogen-bond acceptors (Lipinski definition) is 6. The molecule has 196 valence electrons. The number of aromatic nitrogens is 1. The van der Waals surface area contributed by atoms with Crippen molar-refractivity contribution in [3.63, 3.8) is 0 Å². The standard InChI is InChI=1S/C30H38N4O3/c1-19(2)26-17-33(11-12-34(26)27(35)14-20-7-6-8-22(13-20)36-5)29-24(16-31)23-15-30(3,4)37-18-25(23)28(32-29)21-9-10-21/h6-8,13,19,21,26H,9-12,14-15,17-18H2,1-5H3/t26-/m0/s1. The van der Waals surface area contributed by atoms with Gasteiger partial charge >= 0.3 is 0 Å². The Labute approximate surface area is 220 Å². The molecule has 1 atom stereocenters. The highest BCUT2D eigenvalue weighted by molar-refractivity contribution is 5.79. The predicted molar refractivity (Wildman–Crippen MR) is 143 cm³/mol. The van der Waals surface area contributed by atoms with Gasteiger partial charge < -0.3 is 19.3 Å². The van der Waals surface area contributed by atoms with Gasteiger partial charge in [0.25, 0.3) is 0 Å². The average Bonchev–Trinajstić information content (AvgIpc) is 3.72. The van der Waals surface area contributed by atoms with Crippen LogP contribution in [0.5, 0.6) is 5.75 Å². The first-order valence-electron chi connectivity index (χ1n) is 13.5. The van der Waals surface area contributed by atoms with E-state index in [0.717, 1.165) is 46.8 Å². The second-order valence-corrected chi connectivity index (χ2v) is 11.6. The maximum absolute atomic E-state index is 13.4. The molecule has 1 aliphatic carbocycles. The number of hydrogen-bond donors (Lipinski definition) is 0. The Balaban J connectivity index is 1.43. The molecule has 7 heteroatoms. The third kappa shape index (κ3) is 5.17. The predicted octanol–water partition coefficient (Wildman–Crippen LogP) is 4.61. The fourth-order valence-electron chi connectivity index (χ4n) is 5.76. The molecule has 1 saturated carbocycles. The lowest BCUT2D eigenvalue weighted by Crippen LogP contribution is -2.58. The van der Waals surface area contributed by atoms with Gasteiger partial charge in [-0.15, -0.1) is 0 Å². The number of nitrogens with zero attached hydrogens (tertiary/aromatic N) is 4. The van der Waals surface area contributed by atoms with Gasteiger partial charge in [0.1, 0.15) is 17.6 Å². The van der Waals surface area contributed by atoms with Crippen molar-refractivity contribution < 1.29 is 14.3 Å². The molecule has 7 nitrogen and oxygen atoms in total. The number of pyridine rings is 1. The molecule has 37 heavy (non-hydrogen) atoms. The molecule has 2 fully saturated rings. The summed E-state index contributed by atoms with van der Waals surface area (Å²) in [5, 5.41) is 10.3. The number of piperazine rings is 1. The second-order valence-electron chi connectivity index (χ2n) is 11.6. The van der Waals surface area contributed by atoms with E-state index in [9.17, 15) is 10.1 Å². The van der Waals surface area contributed by atoms with Gasteiger partial charge in [-0.3, -0.25) is 4.79 Å². The molecule has 5 rings (SSSR count). The van der Waals surface area contributed by atoms with Crippen LogP contribution >= 0.6 is 0 Å². The van der Waals surface area contributed by atoms with Crippen LogP contribution < -0.4 is 9.64 Å². The summed E-state index contributed by atoms with van der Waals surface area (Å²) in [6, 6.07) is 10.3. The summed E-state index contributed by atoms with van der Waals surface area (Å²) in [6.45, 7) is 11.0. The third-order valence-electron chi connectivity index (χ3n) is 8.01. The van der Waals surface area contributed by atoms with E-state index in [4.69, 9.17) is 14.5 Å². The highest BCUT2D eigenvalue weighted by atomic mass is 16.5. The van der Waals surface area contributed by atoms with Gasteiger partial charge in [0.05, 0.1) is 43.0 Å². The molecule has 0 bridgehead atoms. The SMILES string of the molecule is COc1cccc(CC(=O)N2CCN(c3nc(C4CC4)c4c(c3C#N)CC(C)(C)OC4)C[C@H]2C(C)C)c1. The largest absolute Gasteiger partial charge is 0.497 e. The van der Waals surface area contributed by atoms with Gasteiger partial charge in [0.15, 0.2) is 0 Å². The number of benzene rings is 1. The van der Waals surface area contributed by atoms with E-state index in [-0.39, 0.29) is 23.5 Å².